The Balaban J connectivity index is 2.52. The molecule has 2 rings (SSSR count). The molecule has 0 amide bonds. The number of hydrogen-bond acceptors (Lipinski definition) is 3. The highest BCUT2D eigenvalue weighted by Crippen LogP contribution is 2.26. The highest BCUT2D eigenvalue weighted by Gasteiger charge is 2.10. The number of nitrogens with two attached hydrogens (primary N) is 1. The largest absolute Gasteiger partial charge is 0.381 e. The number of nitrogens with zero attached hydrogens (tertiary/aromatic N) is 1. The summed E-state index contributed by atoms with van der Waals surface area (Å²) in [4.78, 5) is 0. The lowest BCUT2D eigenvalue weighted by atomic mass is 10.1. The number of halogens is 2. The van der Waals surface area contributed by atoms with Gasteiger partial charge in [-0.1, -0.05) is 16.8 Å². The molecule has 0 aliphatic heterocycles. The van der Waals surface area contributed by atoms with Crippen LogP contribution >= 0.6 is 11.6 Å². The number of rotatable bonds is 1. The molecule has 5 heteroatoms. The number of hydrogen-bond donors (Lipinski definition) is 1. The lowest BCUT2D eigenvalue weighted by Gasteiger charge is -1.97. The molecule has 1 aromatic carbocycles. The molecule has 1 aromatic heterocycles. The molecule has 0 bridgehead atoms. The molecular weight excluding hydrogens is 207 g/mol. The minimum atomic E-state index is -0.464. The highest BCUT2D eigenvalue weighted by molar-refractivity contribution is 6.30. The predicted molar refractivity (Wildman–Crippen MR) is 51.3 cm³/mol. The summed E-state index contributed by atoms with van der Waals surface area (Å²) < 4.78 is 18.1. The Labute approximate surface area is 84.3 Å². The van der Waals surface area contributed by atoms with Crippen LogP contribution in [0.15, 0.2) is 28.8 Å². The molecular formula is C9H6ClFN2O. The number of anilines is 1. The Morgan fingerprint density at radius 3 is 2.71 bits per heavy atom. The molecule has 3 nitrogen and oxygen atoms in total. The minimum absolute atomic E-state index is 0.217. The topological polar surface area (TPSA) is 52.0 Å². The van der Waals surface area contributed by atoms with Gasteiger partial charge < -0.3 is 10.3 Å². The maximum atomic E-state index is 13.3. The van der Waals surface area contributed by atoms with Crippen molar-refractivity contribution < 1.29 is 8.91 Å². The Morgan fingerprint density at radius 1 is 1.36 bits per heavy atom. The molecule has 2 aromatic rings. The van der Waals surface area contributed by atoms with Crippen LogP contribution in [0.2, 0.25) is 5.02 Å². The molecule has 0 radical (unpaired) electrons. The number of nitrogen functional groups attached to an aromatic ring is 1. The molecule has 14 heavy (non-hydrogen) atoms. The summed E-state index contributed by atoms with van der Waals surface area (Å²) in [5.74, 6) is 0.0414. The average Bonchev–Trinajstić information content (AvgIpc) is 2.51. The summed E-state index contributed by atoms with van der Waals surface area (Å²) in [6.07, 6.45) is 0. The fourth-order valence-electron chi connectivity index (χ4n) is 1.11. The molecule has 2 N–H and O–H groups in total. The van der Waals surface area contributed by atoms with Crippen LogP contribution < -0.4 is 5.73 Å². The molecule has 1 heterocycles. The van der Waals surface area contributed by atoms with Gasteiger partial charge in [0, 0.05) is 11.1 Å². The van der Waals surface area contributed by atoms with Gasteiger partial charge in [-0.15, -0.1) is 0 Å². The van der Waals surface area contributed by atoms with Crippen LogP contribution in [-0.2, 0) is 0 Å². The summed E-state index contributed by atoms with van der Waals surface area (Å²) in [6, 6.07) is 5.73. The van der Waals surface area contributed by atoms with Crippen molar-refractivity contribution in [1.29, 1.82) is 0 Å². The SMILES string of the molecule is Nc1cc(-c2ccc(Cl)cc2F)on1. The first-order chi connectivity index (χ1) is 6.66. The van der Waals surface area contributed by atoms with E-state index in [1.165, 1.54) is 18.2 Å². The third-order valence-electron chi connectivity index (χ3n) is 1.72. The Bertz CT molecular complexity index is 470. The van der Waals surface area contributed by atoms with Crippen LogP contribution in [-0.4, -0.2) is 5.16 Å². The van der Waals surface area contributed by atoms with E-state index in [-0.39, 0.29) is 11.6 Å². The zero-order valence-electron chi connectivity index (χ0n) is 7.00. The monoisotopic (exact) mass is 212 g/mol. The molecule has 72 valence electrons. The second-order valence-electron chi connectivity index (χ2n) is 2.74. The zero-order chi connectivity index (χ0) is 10.1. The quantitative estimate of drug-likeness (QED) is 0.791. The van der Waals surface area contributed by atoms with Crippen molar-refractivity contribution in [3.63, 3.8) is 0 Å². The summed E-state index contributed by atoms with van der Waals surface area (Å²) >= 11 is 5.60. The molecule has 0 atom stereocenters. The molecule has 0 aliphatic rings. The van der Waals surface area contributed by atoms with E-state index in [0.29, 0.717) is 10.6 Å². The summed E-state index contributed by atoms with van der Waals surface area (Å²) in [5.41, 5.74) is 5.63. The van der Waals surface area contributed by atoms with Gasteiger partial charge in [0.05, 0.1) is 5.56 Å². The molecule has 0 saturated carbocycles. The Kier molecular flexibility index (Phi) is 2.13. The van der Waals surface area contributed by atoms with Crippen molar-refractivity contribution in [2.75, 3.05) is 5.73 Å². The fourth-order valence-corrected chi connectivity index (χ4v) is 1.26. The van der Waals surface area contributed by atoms with E-state index in [9.17, 15) is 4.39 Å². The van der Waals surface area contributed by atoms with Crippen LogP contribution in [0.4, 0.5) is 10.2 Å². The molecule has 0 fully saturated rings. The van der Waals surface area contributed by atoms with Gasteiger partial charge in [0.25, 0.3) is 0 Å². The van der Waals surface area contributed by atoms with E-state index in [4.69, 9.17) is 21.9 Å². The van der Waals surface area contributed by atoms with Gasteiger partial charge in [-0.05, 0) is 18.2 Å². The van der Waals surface area contributed by atoms with Gasteiger partial charge in [-0.25, -0.2) is 4.39 Å². The van der Waals surface area contributed by atoms with Gasteiger partial charge in [0.15, 0.2) is 11.6 Å². The lowest BCUT2D eigenvalue weighted by molar-refractivity contribution is 0.433. The standard InChI is InChI=1S/C9H6ClFN2O/c10-5-1-2-6(7(11)3-5)8-4-9(12)13-14-8/h1-4H,(H2,12,13). The molecule has 0 aliphatic carbocycles. The van der Waals surface area contributed by atoms with E-state index < -0.39 is 5.82 Å². The van der Waals surface area contributed by atoms with Crippen molar-refractivity contribution in [2.45, 2.75) is 0 Å². The summed E-state index contributed by atoms with van der Waals surface area (Å²) in [5, 5.41) is 3.79. The number of aromatic nitrogens is 1. The van der Waals surface area contributed by atoms with Crippen LogP contribution in [0.3, 0.4) is 0 Å². The van der Waals surface area contributed by atoms with E-state index in [2.05, 4.69) is 5.16 Å². The molecule has 0 unspecified atom stereocenters. The van der Waals surface area contributed by atoms with Gasteiger partial charge in [-0.2, -0.15) is 0 Å². The molecule has 0 saturated heterocycles. The minimum Gasteiger partial charge on any atom is -0.381 e. The van der Waals surface area contributed by atoms with Crippen molar-refractivity contribution >= 4 is 17.4 Å². The zero-order valence-corrected chi connectivity index (χ0v) is 7.75. The maximum Gasteiger partial charge on any atom is 0.172 e. The second-order valence-corrected chi connectivity index (χ2v) is 3.18. The average molecular weight is 213 g/mol. The second kappa shape index (κ2) is 3.31. The Morgan fingerprint density at radius 2 is 2.14 bits per heavy atom. The van der Waals surface area contributed by atoms with Crippen molar-refractivity contribution in [3.05, 3.63) is 35.1 Å². The van der Waals surface area contributed by atoms with Crippen LogP contribution in [0, 0.1) is 5.82 Å². The van der Waals surface area contributed by atoms with E-state index in [1.54, 1.807) is 6.07 Å². The lowest BCUT2D eigenvalue weighted by Crippen LogP contribution is -1.82. The predicted octanol–water partition coefficient (Wildman–Crippen LogP) is 2.72. The fraction of sp³-hybridized carbons (Fsp3) is 0. The van der Waals surface area contributed by atoms with Crippen molar-refractivity contribution in [2.24, 2.45) is 0 Å². The van der Waals surface area contributed by atoms with Crippen LogP contribution in [0.1, 0.15) is 0 Å². The normalized spacial score (nSPS) is 10.4. The molecule has 0 spiro atoms. The Hall–Kier alpha value is -1.55. The van der Waals surface area contributed by atoms with E-state index in [1.807, 2.05) is 0 Å². The van der Waals surface area contributed by atoms with Gasteiger partial charge in [0.2, 0.25) is 0 Å². The smallest absolute Gasteiger partial charge is 0.172 e. The maximum absolute atomic E-state index is 13.3. The first-order valence-electron chi connectivity index (χ1n) is 3.84. The first kappa shape index (κ1) is 9.02. The van der Waals surface area contributed by atoms with Crippen LogP contribution in [0.5, 0.6) is 0 Å². The van der Waals surface area contributed by atoms with Crippen molar-refractivity contribution in [1.82, 2.24) is 5.16 Å². The summed E-state index contributed by atoms with van der Waals surface area (Å²) in [6.45, 7) is 0. The third-order valence-corrected chi connectivity index (χ3v) is 1.96. The highest BCUT2D eigenvalue weighted by atomic mass is 35.5. The first-order valence-corrected chi connectivity index (χ1v) is 4.22. The van der Waals surface area contributed by atoms with Crippen molar-refractivity contribution in [3.8, 4) is 11.3 Å². The van der Waals surface area contributed by atoms with Gasteiger partial charge in [-0.3, -0.25) is 0 Å². The third kappa shape index (κ3) is 1.56. The van der Waals surface area contributed by atoms with Gasteiger partial charge in [0.1, 0.15) is 5.82 Å². The number of benzene rings is 1. The van der Waals surface area contributed by atoms with E-state index >= 15 is 0 Å². The van der Waals surface area contributed by atoms with E-state index in [0.717, 1.165) is 0 Å². The van der Waals surface area contributed by atoms with Crippen LogP contribution in [0.25, 0.3) is 11.3 Å². The summed E-state index contributed by atoms with van der Waals surface area (Å²) in [7, 11) is 0. The van der Waals surface area contributed by atoms with Gasteiger partial charge >= 0.3 is 0 Å².